The molecule has 2 aromatic carbocycles. The standard InChI is InChI=1S/C21H27NO2/c1-15-9-7-8-10-18(15)22-19(23)21(5,6)24-17-13-11-16(12-14-17)20(2,3)4/h7-14H,1-6H3,(H,22,23). The Kier molecular flexibility index (Phi) is 5.02. The topological polar surface area (TPSA) is 38.3 Å². The third-order valence-corrected chi connectivity index (χ3v) is 4.03. The maximum atomic E-state index is 12.6. The lowest BCUT2D eigenvalue weighted by molar-refractivity contribution is -0.128. The Morgan fingerprint density at radius 3 is 2.04 bits per heavy atom. The zero-order valence-corrected chi connectivity index (χ0v) is 15.4. The number of benzene rings is 2. The van der Waals surface area contributed by atoms with Crippen molar-refractivity contribution in [1.29, 1.82) is 0 Å². The minimum absolute atomic E-state index is 0.0935. The summed E-state index contributed by atoms with van der Waals surface area (Å²) >= 11 is 0. The number of ether oxygens (including phenoxy) is 1. The van der Waals surface area contributed by atoms with Gasteiger partial charge in [0.15, 0.2) is 5.60 Å². The van der Waals surface area contributed by atoms with Gasteiger partial charge in [-0.05, 0) is 55.5 Å². The van der Waals surface area contributed by atoms with E-state index in [1.807, 2.05) is 55.5 Å². The molecule has 0 unspecified atom stereocenters. The van der Waals surface area contributed by atoms with E-state index >= 15 is 0 Å². The smallest absolute Gasteiger partial charge is 0.267 e. The van der Waals surface area contributed by atoms with Gasteiger partial charge in [0.2, 0.25) is 0 Å². The van der Waals surface area contributed by atoms with Crippen LogP contribution in [0.1, 0.15) is 45.7 Å². The van der Waals surface area contributed by atoms with E-state index in [2.05, 4.69) is 26.1 Å². The first-order chi connectivity index (χ1) is 11.1. The lowest BCUT2D eigenvalue weighted by atomic mass is 9.87. The van der Waals surface area contributed by atoms with Crippen LogP contribution in [0.4, 0.5) is 5.69 Å². The summed E-state index contributed by atoms with van der Waals surface area (Å²) in [5.41, 5.74) is 2.19. The molecule has 0 bridgehead atoms. The summed E-state index contributed by atoms with van der Waals surface area (Å²) < 4.78 is 5.93. The van der Waals surface area contributed by atoms with Crippen molar-refractivity contribution in [2.24, 2.45) is 0 Å². The quantitative estimate of drug-likeness (QED) is 0.850. The van der Waals surface area contributed by atoms with Gasteiger partial charge >= 0.3 is 0 Å². The van der Waals surface area contributed by atoms with E-state index in [0.29, 0.717) is 5.75 Å². The molecule has 1 N–H and O–H groups in total. The van der Waals surface area contributed by atoms with Gasteiger partial charge in [-0.2, -0.15) is 0 Å². The average molecular weight is 325 g/mol. The van der Waals surface area contributed by atoms with E-state index in [0.717, 1.165) is 11.3 Å². The highest BCUT2D eigenvalue weighted by Gasteiger charge is 2.30. The molecule has 0 atom stereocenters. The molecule has 2 aromatic rings. The number of para-hydroxylation sites is 1. The number of aryl methyl sites for hydroxylation is 1. The fourth-order valence-electron chi connectivity index (χ4n) is 2.35. The first-order valence-corrected chi connectivity index (χ1v) is 8.26. The van der Waals surface area contributed by atoms with Crippen LogP contribution in [0, 0.1) is 6.92 Å². The Morgan fingerprint density at radius 2 is 1.50 bits per heavy atom. The predicted octanol–water partition coefficient (Wildman–Crippen LogP) is 5.09. The number of carbonyl (C=O) groups excluding carboxylic acids is 1. The van der Waals surface area contributed by atoms with Crippen LogP contribution in [0.3, 0.4) is 0 Å². The zero-order chi connectivity index (χ0) is 18.0. The van der Waals surface area contributed by atoms with Gasteiger partial charge in [-0.1, -0.05) is 51.1 Å². The van der Waals surface area contributed by atoms with Crippen molar-refractivity contribution in [2.75, 3.05) is 5.32 Å². The molecule has 0 heterocycles. The summed E-state index contributed by atoms with van der Waals surface area (Å²) in [6.45, 7) is 12.0. The monoisotopic (exact) mass is 325 g/mol. The second kappa shape index (κ2) is 6.68. The fourth-order valence-corrected chi connectivity index (χ4v) is 2.35. The second-order valence-corrected chi connectivity index (χ2v) is 7.66. The molecule has 0 radical (unpaired) electrons. The Labute approximate surface area is 145 Å². The number of carbonyl (C=O) groups is 1. The van der Waals surface area contributed by atoms with Gasteiger partial charge in [0, 0.05) is 5.69 Å². The van der Waals surface area contributed by atoms with Gasteiger partial charge in [-0.15, -0.1) is 0 Å². The summed E-state index contributed by atoms with van der Waals surface area (Å²) in [4.78, 5) is 12.6. The zero-order valence-electron chi connectivity index (χ0n) is 15.4. The highest BCUT2D eigenvalue weighted by atomic mass is 16.5. The van der Waals surface area contributed by atoms with E-state index in [9.17, 15) is 4.79 Å². The predicted molar refractivity (Wildman–Crippen MR) is 99.7 cm³/mol. The van der Waals surface area contributed by atoms with Gasteiger partial charge in [0.05, 0.1) is 0 Å². The summed E-state index contributed by atoms with van der Waals surface area (Å²) in [6, 6.07) is 15.6. The van der Waals surface area contributed by atoms with Crippen LogP contribution in [0.15, 0.2) is 48.5 Å². The summed E-state index contributed by atoms with van der Waals surface area (Å²) in [5.74, 6) is 0.518. The van der Waals surface area contributed by atoms with E-state index in [-0.39, 0.29) is 11.3 Å². The highest BCUT2D eigenvalue weighted by Crippen LogP contribution is 2.26. The number of nitrogens with one attached hydrogen (secondary N) is 1. The molecule has 0 fully saturated rings. The third kappa shape index (κ3) is 4.38. The van der Waals surface area contributed by atoms with Crippen LogP contribution in [-0.4, -0.2) is 11.5 Å². The van der Waals surface area contributed by atoms with Crippen LogP contribution in [0.25, 0.3) is 0 Å². The minimum atomic E-state index is -0.967. The molecule has 3 heteroatoms. The largest absolute Gasteiger partial charge is 0.478 e. The number of rotatable bonds is 4. The SMILES string of the molecule is Cc1ccccc1NC(=O)C(C)(C)Oc1ccc(C(C)(C)C)cc1. The minimum Gasteiger partial charge on any atom is -0.478 e. The van der Waals surface area contributed by atoms with Crippen LogP contribution in [-0.2, 0) is 10.2 Å². The summed E-state index contributed by atoms with van der Waals surface area (Å²) in [6.07, 6.45) is 0. The van der Waals surface area contributed by atoms with Gasteiger partial charge in [0.1, 0.15) is 5.75 Å². The van der Waals surface area contributed by atoms with Crippen molar-refractivity contribution >= 4 is 11.6 Å². The number of hydrogen-bond acceptors (Lipinski definition) is 2. The van der Waals surface area contributed by atoms with Crippen molar-refractivity contribution in [3.8, 4) is 5.75 Å². The van der Waals surface area contributed by atoms with Crippen LogP contribution < -0.4 is 10.1 Å². The van der Waals surface area contributed by atoms with E-state index in [1.165, 1.54) is 5.56 Å². The molecule has 0 aromatic heterocycles. The van der Waals surface area contributed by atoms with Crippen molar-refractivity contribution in [3.05, 3.63) is 59.7 Å². The third-order valence-electron chi connectivity index (χ3n) is 4.03. The Bertz CT molecular complexity index is 709. The number of hydrogen-bond donors (Lipinski definition) is 1. The van der Waals surface area contributed by atoms with E-state index < -0.39 is 5.60 Å². The maximum absolute atomic E-state index is 12.6. The van der Waals surface area contributed by atoms with Gasteiger partial charge in [-0.3, -0.25) is 4.79 Å². The number of anilines is 1. The maximum Gasteiger partial charge on any atom is 0.267 e. The molecule has 0 aliphatic rings. The molecule has 0 aliphatic heterocycles. The van der Waals surface area contributed by atoms with Crippen molar-refractivity contribution < 1.29 is 9.53 Å². The lowest BCUT2D eigenvalue weighted by Crippen LogP contribution is -2.42. The highest BCUT2D eigenvalue weighted by molar-refractivity contribution is 5.97. The Morgan fingerprint density at radius 1 is 0.917 bits per heavy atom. The van der Waals surface area contributed by atoms with Gasteiger partial charge in [-0.25, -0.2) is 0 Å². The average Bonchev–Trinajstić information content (AvgIpc) is 2.48. The van der Waals surface area contributed by atoms with Gasteiger partial charge in [0.25, 0.3) is 5.91 Å². The molecule has 0 saturated heterocycles. The molecule has 2 rings (SSSR count). The molecular weight excluding hydrogens is 298 g/mol. The lowest BCUT2D eigenvalue weighted by Gasteiger charge is -2.26. The molecule has 3 nitrogen and oxygen atoms in total. The summed E-state index contributed by atoms with van der Waals surface area (Å²) in [7, 11) is 0. The molecule has 1 amide bonds. The van der Waals surface area contributed by atoms with Crippen molar-refractivity contribution in [2.45, 2.75) is 52.6 Å². The van der Waals surface area contributed by atoms with Crippen molar-refractivity contribution in [1.82, 2.24) is 0 Å². The first kappa shape index (κ1) is 18.1. The Balaban J connectivity index is 2.10. The fraction of sp³-hybridized carbons (Fsp3) is 0.381. The van der Waals surface area contributed by atoms with Gasteiger partial charge < -0.3 is 10.1 Å². The normalized spacial score (nSPS) is 11.9. The van der Waals surface area contributed by atoms with Crippen LogP contribution in [0.5, 0.6) is 5.75 Å². The van der Waals surface area contributed by atoms with E-state index in [4.69, 9.17) is 4.74 Å². The first-order valence-electron chi connectivity index (χ1n) is 8.26. The second-order valence-electron chi connectivity index (χ2n) is 7.66. The molecule has 0 spiro atoms. The molecule has 0 aliphatic carbocycles. The summed E-state index contributed by atoms with van der Waals surface area (Å²) in [5, 5.41) is 2.94. The number of amides is 1. The van der Waals surface area contributed by atoms with Crippen LogP contribution >= 0.6 is 0 Å². The van der Waals surface area contributed by atoms with Crippen molar-refractivity contribution in [3.63, 3.8) is 0 Å². The van der Waals surface area contributed by atoms with E-state index in [1.54, 1.807) is 13.8 Å². The molecule has 128 valence electrons. The Hall–Kier alpha value is -2.29. The van der Waals surface area contributed by atoms with Crippen LogP contribution in [0.2, 0.25) is 0 Å². The molecular formula is C21H27NO2. The molecule has 24 heavy (non-hydrogen) atoms. The molecule has 0 saturated carbocycles.